The molecule has 19 heavy (non-hydrogen) atoms. The van der Waals surface area contributed by atoms with Crippen LogP contribution in [0, 0.1) is 5.92 Å². The van der Waals surface area contributed by atoms with Gasteiger partial charge in [-0.3, -0.25) is 0 Å². The summed E-state index contributed by atoms with van der Waals surface area (Å²) < 4.78 is 22.3. The van der Waals surface area contributed by atoms with E-state index in [4.69, 9.17) is 0 Å². The van der Waals surface area contributed by atoms with Gasteiger partial charge in [0.1, 0.15) is 9.84 Å². The molecule has 1 aliphatic rings. The molecule has 0 fully saturated rings. The van der Waals surface area contributed by atoms with Crippen molar-refractivity contribution in [2.24, 2.45) is 5.92 Å². The summed E-state index contributed by atoms with van der Waals surface area (Å²) in [6.07, 6.45) is 5.29. The van der Waals surface area contributed by atoms with Crippen LogP contribution in [0.15, 0.2) is 24.3 Å². The number of aliphatic hydroxyl groups excluding tert-OH is 1. The second-order valence-electron chi connectivity index (χ2n) is 5.57. The van der Waals surface area contributed by atoms with E-state index in [-0.39, 0.29) is 11.7 Å². The molecule has 0 spiro atoms. The maximum atomic E-state index is 11.2. The highest BCUT2D eigenvalue weighted by atomic mass is 32.2. The van der Waals surface area contributed by atoms with Gasteiger partial charge >= 0.3 is 0 Å². The fraction of sp³-hybridized carbons (Fsp3) is 0.600. The molecule has 1 aromatic rings. The van der Waals surface area contributed by atoms with Crippen molar-refractivity contribution in [3.8, 4) is 0 Å². The Hall–Kier alpha value is -0.870. The van der Waals surface area contributed by atoms with Crippen molar-refractivity contribution in [3.63, 3.8) is 0 Å². The van der Waals surface area contributed by atoms with Crippen molar-refractivity contribution in [1.82, 2.24) is 0 Å². The van der Waals surface area contributed by atoms with Crippen molar-refractivity contribution in [2.45, 2.75) is 38.2 Å². The first-order chi connectivity index (χ1) is 8.97. The first-order valence-corrected chi connectivity index (χ1v) is 8.97. The van der Waals surface area contributed by atoms with Crippen molar-refractivity contribution in [3.05, 3.63) is 35.4 Å². The van der Waals surface area contributed by atoms with Gasteiger partial charge in [-0.1, -0.05) is 24.3 Å². The second-order valence-corrected chi connectivity index (χ2v) is 7.83. The molecule has 0 aromatic heterocycles. The van der Waals surface area contributed by atoms with Crippen LogP contribution in [0.4, 0.5) is 0 Å². The first-order valence-electron chi connectivity index (χ1n) is 6.91. The van der Waals surface area contributed by atoms with Gasteiger partial charge in [-0.25, -0.2) is 8.42 Å². The number of benzene rings is 1. The summed E-state index contributed by atoms with van der Waals surface area (Å²) >= 11 is 0. The topological polar surface area (TPSA) is 54.4 Å². The van der Waals surface area contributed by atoms with E-state index in [0.29, 0.717) is 6.42 Å². The van der Waals surface area contributed by atoms with Crippen LogP contribution in [0.1, 0.15) is 42.9 Å². The molecule has 0 bridgehead atoms. The predicted molar refractivity (Wildman–Crippen MR) is 76.8 cm³/mol. The molecule has 1 aromatic carbocycles. The van der Waals surface area contributed by atoms with Crippen LogP contribution in [0.3, 0.4) is 0 Å². The average molecular weight is 282 g/mol. The lowest BCUT2D eigenvalue weighted by atomic mass is 9.90. The molecule has 4 heteroatoms. The molecule has 0 saturated carbocycles. The molecule has 0 saturated heterocycles. The molecule has 1 aliphatic carbocycles. The Balaban J connectivity index is 2.03. The normalized spacial score (nSPS) is 23.7. The molecule has 2 atom stereocenters. The van der Waals surface area contributed by atoms with Crippen LogP contribution in [-0.2, 0) is 16.3 Å². The van der Waals surface area contributed by atoms with Gasteiger partial charge in [-0.15, -0.1) is 0 Å². The molecule has 0 radical (unpaired) electrons. The fourth-order valence-corrected chi connectivity index (χ4v) is 3.62. The minimum atomic E-state index is -2.89. The Morgan fingerprint density at radius 2 is 2.05 bits per heavy atom. The number of hydrogen-bond donors (Lipinski definition) is 1. The Labute approximate surface area is 115 Å². The standard InChI is InChI=1S/C15H22O3S/c1-19(17,18)11-5-9-13-8-4-7-12-6-2-3-10-14(12)15(13)16/h2-3,6,10,13,15-16H,4-5,7-9,11H2,1H3. The molecular weight excluding hydrogens is 260 g/mol. The number of aryl methyl sites for hydroxylation is 1. The molecule has 0 aliphatic heterocycles. The number of hydrogen-bond acceptors (Lipinski definition) is 3. The molecular formula is C15H22O3S. The summed E-state index contributed by atoms with van der Waals surface area (Å²) in [5.74, 6) is 0.406. The van der Waals surface area contributed by atoms with Crippen molar-refractivity contribution in [2.75, 3.05) is 12.0 Å². The summed E-state index contributed by atoms with van der Waals surface area (Å²) in [7, 11) is -2.89. The maximum Gasteiger partial charge on any atom is 0.147 e. The largest absolute Gasteiger partial charge is 0.388 e. The molecule has 2 rings (SSSR count). The van der Waals surface area contributed by atoms with Crippen molar-refractivity contribution < 1.29 is 13.5 Å². The van der Waals surface area contributed by atoms with Gasteiger partial charge in [0.15, 0.2) is 0 Å². The van der Waals surface area contributed by atoms with Gasteiger partial charge in [0, 0.05) is 12.0 Å². The van der Waals surface area contributed by atoms with Crippen LogP contribution < -0.4 is 0 Å². The summed E-state index contributed by atoms with van der Waals surface area (Å²) in [4.78, 5) is 0. The van der Waals surface area contributed by atoms with E-state index < -0.39 is 15.9 Å². The third-order valence-corrected chi connectivity index (χ3v) is 4.96. The van der Waals surface area contributed by atoms with Gasteiger partial charge in [0.05, 0.1) is 6.10 Å². The second kappa shape index (κ2) is 6.06. The molecule has 0 amide bonds. The number of aliphatic hydroxyl groups is 1. The van der Waals surface area contributed by atoms with E-state index in [1.807, 2.05) is 18.2 Å². The molecule has 1 N–H and O–H groups in total. The maximum absolute atomic E-state index is 11.2. The van der Waals surface area contributed by atoms with Gasteiger partial charge < -0.3 is 5.11 Å². The van der Waals surface area contributed by atoms with Crippen molar-refractivity contribution >= 4 is 9.84 Å². The SMILES string of the molecule is CS(=O)(=O)CCCC1CCCc2ccccc2C1O. The fourth-order valence-electron chi connectivity index (χ4n) is 2.93. The van der Waals surface area contributed by atoms with Crippen molar-refractivity contribution in [1.29, 1.82) is 0 Å². The van der Waals surface area contributed by atoms with Gasteiger partial charge in [-0.05, 0) is 49.1 Å². The lowest BCUT2D eigenvalue weighted by Crippen LogP contribution is -2.14. The van der Waals surface area contributed by atoms with Gasteiger partial charge in [0.25, 0.3) is 0 Å². The zero-order valence-corrected chi connectivity index (χ0v) is 12.2. The lowest BCUT2D eigenvalue weighted by Gasteiger charge is -2.21. The third kappa shape index (κ3) is 4.05. The zero-order valence-electron chi connectivity index (χ0n) is 11.4. The molecule has 106 valence electrons. The van der Waals surface area contributed by atoms with E-state index in [0.717, 1.165) is 31.2 Å². The smallest absolute Gasteiger partial charge is 0.147 e. The lowest BCUT2D eigenvalue weighted by molar-refractivity contribution is 0.0994. The number of rotatable bonds is 4. The number of fused-ring (bicyclic) bond motifs is 1. The molecule has 3 nitrogen and oxygen atoms in total. The zero-order chi connectivity index (χ0) is 13.9. The highest BCUT2D eigenvalue weighted by molar-refractivity contribution is 7.90. The van der Waals surface area contributed by atoms with Crippen LogP contribution in [0.25, 0.3) is 0 Å². The molecule has 0 heterocycles. The average Bonchev–Trinajstić information content (AvgIpc) is 2.49. The van der Waals surface area contributed by atoms with Crippen LogP contribution in [0.2, 0.25) is 0 Å². The summed E-state index contributed by atoms with van der Waals surface area (Å²) in [5, 5.41) is 10.5. The van der Waals surface area contributed by atoms with E-state index >= 15 is 0 Å². The Morgan fingerprint density at radius 3 is 2.79 bits per heavy atom. The third-order valence-electron chi connectivity index (χ3n) is 3.93. The van der Waals surface area contributed by atoms with E-state index in [9.17, 15) is 13.5 Å². The first kappa shape index (κ1) is 14.5. The van der Waals surface area contributed by atoms with Crippen LogP contribution in [-0.4, -0.2) is 25.5 Å². The van der Waals surface area contributed by atoms with E-state index in [2.05, 4.69) is 6.07 Å². The summed E-state index contributed by atoms with van der Waals surface area (Å²) in [6, 6.07) is 8.04. The summed E-state index contributed by atoms with van der Waals surface area (Å²) in [5.41, 5.74) is 2.27. The number of sulfone groups is 1. The Morgan fingerprint density at radius 1 is 1.32 bits per heavy atom. The Bertz CT molecular complexity index is 522. The quantitative estimate of drug-likeness (QED) is 0.863. The summed E-state index contributed by atoms with van der Waals surface area (Å²) in [6.45, 7) is 0. The predicted octanol–water partition coefficient (Wildman–Crippen LogP) is 2.50. The Kier molecular flexibility index (Phi) is 4.63. The van der Waals surface area contributed by atoms with E-state index in [1.165, 1.54) is 11.8 Å². The highest BCUT2D eigenvalue weighted by Gasteiger charge is 2.25. The van der Waals surface area contributed by atoms with Gasteiger partial charge in [-0.2, -0.15) is 0 Å². The monoisotopic (exact) mass is 282 g/mol. The minimum Gasteiger partial charge on any atom is -0.388 e. The van der Waals surface area contributed by atoms with E-state index in [1.54, 1.807) is 0 Å². The highest BCUT2D eigenvalue weighted by Crippen LogP contribution is 2.35. The molecule has 2 unspecified atom stereocenters. The van der Waals surface area contributed by atoms with Gasteiger partial charge in [0.2, 0.25) is 0 Å². The van der Waals surface area contributed by atoms with Crippen LogP contribution >= 0.6 is 0 Å². The van der Waals surface area contributed by atoms with Crippen LogP contribution in [0.5, 0.6) is 0 Å². The minimum absolute atomic E-state index is 0.186.